The summed E-state index contributed by atoms with van der Waals surface area (Å²) in [5, 5.41) is 2.75. The summed E-state index contributed by atoms with van der Waals surface area (Å²) in [7, 11) is 1.43. The van der Waals surface area contributed by atoms with Gasteiger partial charge in [0, 0.05) is 19.2 Å². The summed E-state index contributed by atoms with van der Waals surface area (Å²) in [6, 6.07) is 9.13. The van der Waals surface area contributed by atoms with Crippen molar-refractivity contribution in [3.05, 3.63) is 47.8 Å². The molecule has 2 rings (SSSR count). The van der Waals surface area contributed by atoms with E-state index in [4.69, 9.17) is 31.2 Å². The molecule has 0 radical (unpaired) electrons. The van der Waals surface area contributed by atoms with Crippen LogP contribution in [0.3, 0.4) is 0 Å². The molecule has 2 aromatic rings. The van der Waals surface area contributed by atoms with E-state index in [1.54, 1.807) is 6.92 Å². The first kappa shape index (κ1) is 27.8. The van der Waals surface area contributed by atoms with Crippen molar-refractivity contribution in [1.82, 2.24) is 10.3 Å². The lowest BCUT2D eigenvalue weighted by Crippen LogP contribution is -2.32. The van der Waals surface area contributed by atoms with Crippen molar-refractivity contribution >= 4 is 29.1 Å². The Morgan fingerprint density at radius 2 is 1.79 bits per heavy atom. The van der Waals surface area contributed by atoms with Crippen molar-refractivity contribution in [2.75, 3.05) is 20.3 Å². The van der Waals surface area contributed by atoms with Crippen molar-refractivity contribution in [2.45, 2.75) is 47.1 Å². The number of aromatic nitrogens is 1. The first-order chi connectivity index (χ1) is 15.7. The molecule has 1 aromatic carbocycles. The zero-order chi connectivity index (χ0) is 24.8. The fraction of sp³-hybridized carbons (Fsp3) is 0.417. The van der Waals surface area contributed by atoms with Gasteiger partial charge in [-0.15, -0.1) is 0 Å². The Hall–Kier alpha value is -3.20. The number of carbonyl (C=O) groups excluding carboxylic acids is 2. The topological polar surface area (TPSA) is 96.0 Å². The van der Waals surface area contributed by atoms with E-state index >= 15 is 0 Å². The number of carbonyl (C=O) groups is 2. The number of methoxy groups -OCH3 is 1. The average Bonchev–Trinajstić information content (AvgIpc) is 2.78. The van der Waals surface area contributed by atoms with Crippen LogP contribution in [0, 0.1) is 6.92 Å². The van der Waals surface area contributed by atoms with Gasteiger partial charge < -0.3 is 24.3 Å². The van der Waals surface area contributed by atoms with Gasteiger partial charge >= 0.3 is 11.9 Å². The molecule has 0 spiro atoms. The fourth-order valence-corrected chi connectivity index (χ4v) is 2.59. The predicted molar refractivity (Wildman–Crippen MR) is 130 cm³/mol. The van der Waals surface area contributed by atoms with Crippen LogP contribution in [0.15, 0.2) is 36.5 Å². The van der Waals surface area contributed by atoms with Crippen molar-refractivity contribution in [2.24, 2.45) is 0 Å². The van der Waals surface area contributed by atoms with Crippen LogP contribution >= 0.6 is 12.2 Å². The number of rotatable bonds is 9. The molecular weight excluding hydrogens is 444 g/mol. The lowest BCUT2D eigenvalue weighted by molar-refractivity contribution is -0.144. The third-order valence-corrected chi connectivity index (χ3v) is 4.12. The minimum absolute atomic E-state index is 0.0806. The predicted octanol–water partition coefficient (Wildman–Crippen LogP) is 4.02. The summed E-state index contributed by atoms with van der Waals surface area (Å²) in [6.07, 6.45) is 2.39. The Morgan fingerprint density at radius 1 is 1.15 bits per heavy atom. The highest BCUT2D eigenvalue weighted by molar-refractivity contribution is 7.80. The van der Waals surface area contributed by atoms with E-state index in [-0.39, 0.29) is 35.7 Å². The Labute approximate surface area is 200 Å². The van der Waals surface area contributed by atoms with Gasteiger partial charge in [-0.3, -0.25) is 9.59 Å². The smallest absolute Gasteiger partial charge is 0.325 e. The number of hydrogen-bond acceptors (Lipinski definition) is 8. The van der Waals surface area contributed by atoms with Gasteiger partial charge in [0.05, 0.1) is 7.11 Å². The van der Waals surface area contributed by atoms with Gasteiger partial charge in [-0.1, -0.05) is 50.2 Å². The van der Waals surface area contributed by atoms with Crippen molar-refractivity contribution in [1.29, 1.82) is 0 Å². The van der Waals surface area contributed by atoms with Gasteiger partial charge in [-0.05, 0) is 26.0 Å². The van der Waals surface area contributed by atoms with Crippen LogP contribution in [0.25, 0.3) is 0 Å². The highest BCUT2D eigenvalue weighted by Gasteiger charge is 2.19. The van der Waals surface area contributed by atoms with E-state index in [9.17, 15) is 9.59 Å². The molecule has 0 fully saturated rings. The molecule has 0 aliphatic carbocycles. The second-order valence-electron chi connectivity index (χ2n) is 7.10. The maximum Gasteiger partial charge on any atom is 0.325 e. The fourth-order valence-electron chi connectivity index (χ4n) is 2.38. The van der Waals surface area contributed by atoms with E-state index in [0.717, 1.165) is 5.56 Å². The summed E-state index contributed by atoms with van der Waals surface area (Å²) in [5.41, 5.74) is 1.31. The third-order valence-electron chi connectivity index (χ3n) is 3.78. The normalized spacial score (nSPS) is 10.7. The Kier molecular flexibility index (Phi) is 12.5. The molecule has 8 nitrogen and oxygen atoms in total. The number of ether oxygens (including phenoxy) is 4. The van der Waals surface area contributed by atoms with Crippen molar-refractivity contribution < 1.29 is 28.5 Å². The molecule has 1 unspecified atom stereocenters. The van der Waals surface area contributed by atoms with E-state index in [1.165, 1.54) is 32.7 Å². The quantitative estimate of drug-likeness (QED) is 0.425. The second-order valence-corrected chi connectivity index (χ2v) is 7.51. The number of hydrogen-bond donors (Lipinski definition) is 1. The Morgan fingerprint density at radius 3 is 2.36 bits per heavy atom. The number of pyridine rings is 1. The molecular formula is C24H32N2O6S. The lowest BCUT2D eigenvalue weighted by atomic mass is 10.2. The van der Waals surface area contributed by atoms with Gasteiger partial charge in [0.15, 0.2) is 5.75 Å². The molecule has 1 heterocycles. The summed E-state index contributed by atoms with van der Waals surface area (Å²) < 4.78 is 21.2. The van der Waals surface area contributed by atoms with Crippen LogP contribution in [-0.2, 0) is 14.3 Å². The summed E-state index contributed by atoms with van der Waals surface area (Å²) in [4.78, 5) is 27.6. The van der Waals surface area contributed by atoms with E-state index in [2.05, 4.69) is 24.1 Å². The molecule has 0 saturated carbocycles. The van der Waals surface area contributed by atoms with E-state index in [1.807, 2.05) is 31.2 Å². The summed E-state index contributed by atoms with van der Waals surface area (Å²) in [6.45, 7) is 9.19. The molecule has 0 amide bonds. The number of thiocarbonyl (C=S) groups is 1. The van der Waals surface area contributed by atoms with Crippen LogP contribution in [0.1, 0.15) is 45.4 Å². The van der Waals surface area contributed by atoms with Crippen molar-refractivity contribution in [3.8, 4) is 17.2 Å². The van der Waals surface area contributed by atoms with Crippen molar-refractivity contribution in [3.63, 3.8) is 0 Å². The molecule has 0 bridgehead atoms. The molecule has 180 valence electrons. The second kappa shape index (κ2) is 14.8. The maximum absolute atomic E-state index is 12.0. The molecule has 33 heavy (non-hydrogen) atoms. The molecule has 1 aromatic heterocycles. The Balaban J connectivity index is 0.00000172. The first-order valence-corrected chi connectivity index (χ1v) is 11.0. The molecule has 1 atom stereocenters. The number of aryl methyl sites for hydroxylation is 1. The van der Waals surface area contributed by atoms with Crippen LogP contribution in [-0.4, -0.2) is 48.3 Å². The van der Waals surface area contributed by atoms with E-state index in [0.29, 0.717) is 11.5 Å². The first-order valence-electron chi connectivity index (χ1n) is 10.6. The number of esters is 2. The van der Waals surface area contributed by atoms with Crippen LogP contribution in [0.4, 0.5) is 0 Å². The van der Waals surface area contributed by atoms with Gasteiger partial charge in [0.1, 0.15) is 35.7 Å². The number of benzene rings is 1. The minimum Gasteiger partial charge on any atom is -0.493 e. The van der Waals surface area contributed by atoms with Crippen LogP contribution < -0.4 is 19.5 Å². The highest BCUT2D eigenvalue weighted by Crippen LogP contribution is 2.29. The standard InChI is InChI=1S/C21H24N2O6S.C3H8/c1-13-5-7-16(8-6-13)28-14(2)12-27-18(25)11-23-21(30)19-20(29-15(3)24)17(26-4)9-10-22-19;1-3-2/h5-10,14H,11-12H2,1-4H3,(H,23,30);3H2,1-2H3. The monoisotopic (exact) mass is 476 g/mol. The molecule has 9 heteroatoms. The van der Waals surface area contributed by atoms with Crippen LogP contribution in [0.5, 0.6) is 17.2 Å². The largest absolute Gasteiger partial charge is 0.493 e. The van der Waals surface area contributed by atoms with E-state index < -0.39 is 11.9 Å². The number of nitrogens with one attached hydrogen (secondary N) is 1. The van der Waals surface area contributed by atoms with Crippen LogP contribution in [0.2, 0.25) is 0 Å². The zero-order valence-corrected chi connectivity index (χ0v) is 20.8. The Bertz CT molecular complexity index is 918. The zero-order valence-electron chi connectivity index (χ0n) is 20.0. The van der Waals surface area contributed by atoms with Gasteiger partial charge in [-0.25, -0.2) is 4.98 Å². The summed E-state index contributed by atoms with van der Waals surface area (Å²) >= 11 is 5.27. The molecule has 0 saturated heterocycles. The van der Waals surface area contributed by atoms with Gasteiger partial charge in [0.25, 0.3) is 0 Å². The summed E-state index contributed by atoms with van der Waals surface area (Å²) in [5.74, 6) is 0.00834. The minimum atomic E-state index is -0.549. The lowest BCUT2D eigenvalue weighted by Gasteiger charge is -2.16. The highest BCUT2D eigenvalue weighted by atomic mass is 32.1. The SMILES string of the molecule is CCC.COc1ccnc(C(=S)NCC(=O)OCC(C)Oc2ccc(C)cc2)c1OC(C)=O. The molecule has 0 aliphatic heterocycles. The number of nitrogens with zero attached hydrogens (tertiary/aromatic N) is 1. The molecule has 1 N–H and O–H groups in total. The maximum atomic E-state index is 12.0. The average molecular weight is 477 g/mol. The van der Waals surface area contributed by atoms with Gasteiger partial charge in [0.2, 0.25) is 5.75 Å². The third kappa shape index (κ3) is 10.3. The molecule has 0 aliphatic rings. The van der Waals surface area contributed by atoms with Gasteiger partial charge in [-0.2, -0.15) is 0 Å².